The highest BCUT2D eigenvalue weighted by molar-refractivity contribution is 6.21. The summed E-state index contributed by atoms with van der Waals surface area (Å²) in [6.45, 7) is 0.431. The van der Waals surface area contributed by atoms with Crippen LogP contribution in [0.3, 0.4) is 0 Å². The highest BCUT2D eigenvalue weighted by Gasteiger charge is 2.15. The maximum atomic E-state index is 10.3. The standard InChI is InChI=1S/C4H6ClNO2/c5-3-1-2-8-4(7)6-3/h3H,1-2H2,(H,6,7). The summed E-state index contributed by atoms with van der Waals surface area (Å²) in [6, 6.07) is 0. The number of hydrogen-bond donors (Lipinski definition) is 1. The molecule has 1 N–H and O–H groups in total. The number of alkyl carbamates (subject to hydrolysis) is 1. The van der Waals surface area contributed by atoms with Crippen LogP contribution >= 0.6 is 11.6 Å². The first-order valence-corrected chi connectivity index (χ1v) is 2.80. The van der Waals surface area contributed by atoms with Gasteiger partial charge in [-0.2, -0.15) is 0 Å². The molecule has 1 rings (SSSR count). The molecule has 0 saturated carbocycles. The predicted molar refractivity (Wildman–Crippen MR) is 28.7 cm³/mol. The van der Waals surface area contributed by atoms with Gasteiger partial charge in [-0.15, -0.1) is 0 Å². The average molecular weight is 136 g/mol. The van der Waals surface area contributed by atoms with Crippen LogP contribution in [0.25, 0.3) is 0 Å². The molecule has 0 radical (unpaired) electrons. The lowest BCUT2D eigenvalue weighted by atomic mass is 10.4. The van der Waals surface area contributed by atoms with E-state index >= 15 is 0 Å². The maximum Gasteiger partial charge on any atom is 0.408 e. The van der Waals surface area contributed by atoms with E-state index in [0.717, 1.165) is 0 Å². The molecule has 1 unspecified atom stereocenters. The topological polar surface area (TPSA) is 38.3 Å². The van der Waals surface area contributed by atoms with Gasteiger partial charge in [0.15, 0.2) is 0 Å². The number of halogens is 1. The van der Waals surface area contributed by atoms with Crippen molar-refractivity contribution in [1.29, 1.82) is 0 Å². The molecule has 1 saturated heterocycles. The molecular weight excluding hydrogens is 130 g/mol. The number of hydrogen-bond acceptors (Lipinski definition) is 2. The summed E-state index contributed by atoms with van der Waals surface area (Å²) in [6.07, 6.45) is 0.268. The Bertz CT molecular complexity index is 106. The van der Waals surface area contributed by atoms with E-state index in [1.54, 1.807) is 0 Å². The molecule has 1 atom stereocenters. The Morgan fingerprint density at radius 2 is 2.62 bits per heavy atom. The van der Waals surface area contributed by atoms with Gasteiger partial charge in [0, 0.05) is 6.42 Å². The highest BCUT2D eigenvalue weighted by atomic mass is 35.5. The molecule has 0 spiro atoms. The summed E-state index contributed by atoms with van der Waals surface area (Å²) in [5, 5.41) is 2.38. The Kier molecular flexibility index (Phi) is 1.58. The van der Waals surface area contributed by atoms with E-state index in [-0.39, 0.29) is 5.50 Å². The van der Waals surface area contributed by atoms with E-state index in [1.165, 1.54) is 0 Å². The Morgan fingerprint density at radius 3 is 3.00 bits per heavy atom. The molecule has 0 bridgehead atoms. The van der Waals surface area contributed by atoms with Crippen molar-refractivity contribution >= 4 is 17.7 Å². The van der Waals surface area contributed by atoms with Crippen LogP contribution in [0.4, 0.5) is 4.79 Å². The van der Waals surface area contributed by atoms with Crippen molar-refractivity contribution in [3.05, 3.63) is 0 Å². The molecular formula is C4H6ClNO2. The third kappa shape index (κ3) is 1.26. The van der Waals surface area contributed by atoms with Gasteiger partial charge in [0.1, 0.15) is 5.50 Å². The molecule has 0 aromatic rings. The number of ether oxygens (including phenoxy) is 1. The average Bonchev–Trinajstić information content (AvgIpc) is 1.64. The quantitative estimate of drug-likeness (QED) is 0.392. The third-order valence-electron chi connectivity index (χ3n) is 0.879. The van der Waals surface area contributed by atoms with Crippen molar-refractivity contribution < 1.29 is 9.53 Å². The lowest BCUT2D eigenvalue weighted by Crippen LogP contribution is -2.37. The van der Waals surface area contributed by atoms with E-state index in [1.807, 2.05) is 0 Å². The molecule has 1 aliphatic rings. The molecule has 0 aromatic carbocycles. The zero-order valence-electron chi connectivity index (χ0n) is 4.19. The van der Waals surface area contributed by atoms with Crippen LogP contribution in [0.5, 0.6) is 0 Å². The van der Waals surface area contributed by atoms with Gasteiger partial charge < -0.3 is 10.1 Å². The minimum Gasteiger partial charge on any atom is -0.449 e. The molecule has 1 aliphatic heterocycles. The van der Waals surface area contributed by atoms with Gasteiger partial charge in [0.25, 0.3) is 0 Å². The lowest BCUT2D eigenvalue weighted by Gasteiger charge is -2.16. The fraction of sp³-hybridized carbons (Fsp3) is 0.750. The largest absolute Gasteiger partial charge is 0.449 e. The smallest absolute Gasteiger partial charge is 0.408 e. The van der Waals surface area contributed by atoms with Crippen LogP contribution in [-0.2, 0) is 4.74 Å². The van der Waals surface area contributed by atoms with E-state index in [0.29, 0.717) is 13.0 Å². The van der Waals surface area contributed by atoms with E-state index in [4.69, 9.17) is 11.6 Å². The van der Waals surface area contributed by atoms with Gasteiger partial charge in [-0.25, -0.2) is 4.79 Å². The molecule has 4 heteroatoms. The molecule has 0 aromatic heterocycles. The SMILES string of the molecule is O=C1NC(Cl)CCO1. The second-order valence-corrected chi connectivity index (χ2v) is 2.06. The molecule has 46 valence electrons. The van der Waals surface area contributed by atoms with Gasteiger partial charge in [0.05, 0.1) is 6.61 Å². The predicted octanol–water partition coefficient (Wildman–Crippen LogP) is 0.681. The first-order chi connectivity index (χ1) is 3.79. The van der Waals surface area contributed by atoms with Gasteiger partial charge >= 0.3 is 6.09 Å². The molecule has 0 aliphatic carbocycles. The number of alkyl halides is 1. The molecule has 8 heavy (non-hydrogen) atoms. The van der Waals surface area contributed by atoms with Crippen LogP contribution in [-0.4, -0.2) is 18.2 Å². The maximum absolute atomic E-state index is 10.3. The second-order valence-electron chi connectivity index (χ2n) is 1.54. The zero-order chi connectivity index (χ0) is 5.98. The van der Waals surface area contributed by atoms with Crippen LogP contribution < -0.4 is 5.32 Å². The summed E-state index contributed by atoms with van der Waals surface area (Å²) in [7, 11) is 0. The summed E-state index contributed by atoms with van der Waals surface area (Å²) >= 11 is 5.50. The zero-order valence-corrected chi connectivity index (χ0v) is 4.94. The lowest BCUT2D eigenvalue weighted by molar-refractivity contribution is 0.125. The molecule has 1 heterocycles. The monoisotopic (exact) mass is 135 g/mol. The van der Waals surface area contributed by atoms with Crippen molar-refractivity contribution in [2.45, 2.75) is 11.9 Å². The van der Waals surface area contributed by atoms with Crippen molar-refractivity contribution in [3.8, 4) is 0 Å². The minimum atomic E-state index is -0.420. The number of nitrogens with one attached hydrogen (secondary N) is 1. The number of amides is 1. The summed E-state index contributed by atoms with van der Waals surface area (Å²) in [5.41, 5.74) is -0.240. The van der Waals surface area contributed by atoms with Crippen molar-refractivity contribution in [2.75, 3.05) is 6.61 Å². The highest BCUT2D eigenvalue weighted by Crippen LogP contribution is 2.03. The Balaban J connectivity index is 2.34. The van der Waals surface area contributed by atoms with E-state index in [9.17, 15) is 4.79 Å². The van der Waals surface area contributed by atoms with Crippen LogP contribution in [0.1, 0.15) is 6.42 Å². The summed E-state index contributed by atoms with van der Waals surface area (Å²) < 4.78 is 4.51. The van der Waals surface area contributed by atoms with Gasteiger partial charge in [-0.3, -0.25) is 0 Å². The van der Waals surface area contributed by atoms with Crippen LogP contribution in [0.15, 0.2) is 0 Å². The van der Waals surface area contributed by atoms with Crippen molar-refractivity contribution in [3.63, 3.8) is 0 Å². The van der Waals surface area contributed by atoms with Crippen LogP contribution in [0, 0.1) is 0 Å². The third-order valence-corrected chi connectivity index (χ3v) is 1.21. The van der Waals surface area contributed by atoms with E-state index in [2.05, 4.69) is 10.1 Å². The number of carbonyl (C=O) groups excluding carboxylic acids is 1. The fourth-order valence-corrected chi connectivity index (χ4v) is 0.675. The Morgan fingerprint density at radius 1 is 1.88 bits per heavy atom. The summed E-state index contributed by atoms with van der Waals surface area (Å²) in [5.74, 6) is 0. The normalized spacial score (nSPS) is 28.6. The molecule has 3 nitrogen and oxygen atoms in total. The second kappa shape index (κ2) is 2.22. The Labute approximate surface area is 52.0 Å². The van der Waals surface area contributed by atoms with Gasteiger partial charge in [-0.05, 0) is 0 Å². The number of cyclic esters (lactones) is 1. The Hall–Kier alpha value is -0.440. The van der Waals surface area contributed by atoms with E-state index < -0.39 is 6.09 Å². The molecule has 1 amide bonds. The summed E-state index contributed by atoms with van der Waals surface area (Å²) in [4.78, 5) is 10.3. The first kappa shape index (κ1) is 5.69. The van der Waals surface area contributed by atoms with Crippen LogP contribution in [0.2, 0.25) is 0 Å². The number of rotatable bonds is 0. The van der Waals surface area contributed by atoms with Gasteiger partial charge in [0.2, 0.25) is 0 Å². The van der Waals surface area contributed by atoms with Crippen molar-refractivity contribution in [1.82, 2.24) is 5.32 Å². The first-order valence-electron chi connectivity index (χ1n) is 2.36. The molecule has 1 fully saturated rings. The fourth-order valence-electron chi connectivity index (χ4n) is 0.497. The van der Waals surface area contributed by atoms with Crippen molar-refractivity contribution in [2.24, 2.45) is 0 Å². The minimum absolute atomic E-state index is 0.240. The number of carbonyl (C=O) groups is 1. The van der Waals surface area contributed by atoms with Gasteiger partial charge in [-0.1, -0.05) is 11.6 Å².